The molecule has 60 valence electrons. The van der Waals surface area contributed by atoms with Crippen molar-refractivity contribution in [3.63, 3.8) is 0 Å². The zero-order valence-corrected chi connectivity index (χ0v) is 6.46. The number of nitriles is 1. The molecule has 0 aromatic heterocycles. The molecule has 0 saturated heterocycles. The summed E-state index contributed by atoms with van der Waals surface area (Å²) >= 11 is 0. The van der Waals surface area contributed by atoms with E-state index >= 15 is 0 Å². The molecule has 0 heterocycles. The molecule has 0 amide bonds. The highest BCUT2D eigenvalue weighted by Crippen LogP contribution is 1.99. The molecular formula is C8H10NO2-. The topological polar surface area (TPSA) is 63.9 Å². The molecule has 3 heteroatoms. The van der Waals surface area contributed by atoms with Crippen molar-refractivity contribution in [1.82, 2.24) is 0 Å². The Morgan fingerprint density at radius 1 is 1.73 bits per heavy atom. The Morgan fingerprint density at radius 3 is 2.73 bits per heavy atom. The first-order valence-electron chi connectivity index (χ1n) is 3.54. The summed E-state index contributed by atoms with van der Waals surface area (Å²) in [5.74, 6) is -1.39. The SMILES string of the molecule is CCCCC=C(C#N)C(=O)[O-]. The summed E-state index contributed by atoms with van der Waals surface area (Å²) in [7, 11) is 0. The monoisotopic (exact) mass is 152 g/mol. The Hall–Kier alpha value is -1.30. The number of rotatable bonds is 4. The lowest BCUT2D eigenvalue weighted by Crippen LogP contribution is -2.23. The Kier molecular flexibility index (Phi) is 4.83. The zero-order chi connectivity index (χ0) is 8.69. The van der Waals surface area contributed by atoms with E-state index in [0.29, 0.717) is 6.42 Å². The Labute approximate surface area is 66.0 Å². The van der Waals surface area contributed by atoms with Crippen LogP contribution in [0.3, 0.4) is 0 Å². The third kappa shape index (κ3) is 4.15. The molecule has 0 saturated carbocycles. The molecule has 0 aromatic carbocycles. The summed E-state index contributed by atoms with van der Waals surface area (Å²) < 4.78 is 0. The lowest BCUT2D eigenvalue weighted by atomic mass is 10.2. The molecule has 0 atom stereocenters. The van der Waals surface area contributed by atoms with Gasteiger partial charge in [0, 0.05) is 0 Å². The maximum Gasteiger partial charge on any atom is 0.101 e. The second kappa shape index (κ2) is 5.48. The third-order valence-electron chi connectivity index (χ3n) is 1.25. The van der Waals surface area contributed by atoms with Gasteiger partial charge in [-0.1, -0.05) is 25.8 Å². The first-order valence-corrected chi connectivity index (χ1v) is 3.54. The van der Waals surface area contributed by atoms with Crippen LogP contribution in [0.1, 0.15) is 26.2 Å². The lowest BCUT2D eigenvalue weighted by molar-refractivity contribution is -0.298. The van der Waals surface area contributed by atoms with Gasteiger partial charge in [-0.2, -0.15) is 5.26 Å². The summed E-state index contributed by atoms with van der Waals surface area (Å²) in [6, 6.07) is 1.56. The van der Waals surface area contributed by atoms with Crippen LogP contribution in [-0.4, -0.2) is 5.97 Å². The van der Waals surface area contributed by atoms with Crippen LogP contribution in [-0.2, 0) is 4.79 Å². The molecule has 0 bridgehead atoms. The summed E-state index contributed by atoms with van der Waals surface area (Å²) in [5, 5.41) is 18.4. The number of carbonyl (C=O) groups is 1. The van der Waals surface area contributed by atoms with Crippen LogP contribution in [0, 0.1) is 11.3 Å². The molecule has 0 aliphatic carbocycles. The number of carbonyl (C=O) groups excluding carboxylic acids is 1. The Morgan fingerprint density at radius 2 is 2.36 bits per heavy atom. The molecule has 0 aliphatic heterocycles. The maximum absolute atomic E-state index is 10.1. The highest BCUT2D eigenvalue weighted by Gasteiger charge is 1.93. The largest absolute Gasteiger partial charge is 0.544 e. The van der Waals surface area contributed by atoms with Crippen LogP contribution < -0.4 is 5.11 Å². The summed E-state index contributed by atoms with van der Waals surface area (Å²) in [6.45, 7) is 2.00. The van der Waals surface area contributed by atoms with E-state index in [0.717, 1.165) is 12.8 Å². The number of carboxylic acids is 1. The standard InChI is InChI=1S/C8H11NO2/c1-2-3-4-5-7(6-9)8(10)11/h5H,2-4H2,1H3,(H,10,11)/p-1. The van der Waals surface area contributed by atoms with Crippen molar-refractivity contribution in [3.8, 4) is 6.07 Å². The smallest absolute Gasteiger partial charge is 0.101 e. The molecule has 0 aliphatic rings. The van der Waals surface area contributed by atoms with Crippen molar-refractivity contribution in [2.24, 2.45) is 0 Å². The van der Waals surface area contributed by atoms with E-state index in [4.69, 9.17) is 5.26 Å². The average molecular weight is 152 g/mol. The average Bonchev–Trinajstić information content (AvgIpc) is 1.97. The number of aliphatic carboxylic acids is 1. The molecule has 0 spiro atoms. The van der Waals surface area contributed by atoms with Crippen molar-refractivity contribution in [3.05, 3.63) is 11.6 Å². The molecule has 0 N–H and O–H groups in total. The maximum atomic E-state index is 10.1. The van der Waals surface area contributed by atoms with Crippen LogP contribution in [0.15, 0.2) is 11.6 Å². The predicted molar refractivity (Wildman–Crippen MR) is 38.2 cm³/mol. The Bertz CT molecular complexity index is 201. The minimum atomic E-state index is -1.39. The second-order valence-corrected chi connectivity index (χ2v) is 2.16. The van der Waals surface area contributed by atoms with Crippen molar-refractivity contribution < 1.29 is 9.90 Å². The van der Waals surface area contributed by atoms with E-state index < -0.39 is 5.97 Å². The first-order chi connectivity index (χ1) is 5.22. The van der Waals surface area contributed by atoms with Crippen molar-refractivity contribution >= 4 is 5.97 Å². The van der Waals surface area contributed by atoms with Crippen LogP contribution in [0.5, 0.6) is 0 Å². The number of allylic oxidation sites excluding steroid dienone is 1. The zero-order valence-electron chi connectivity index (χ0n) is 6.46. The minimum Gasteiger partial charge on any atom is -0.544 e. The highest BCUT2D eigenvalue weighted by molar-refractivity contribution is 5.89. The van der Waals surface area contributed by atoms with Crippen LogP contribution >= 0.6 is 0 Å². The fourth-order valence-electron chi connectivity index (χ4n) is 0.625. The minimum absolute atomic E-state index is 0.265. The van der Waals surface area contributed by atoms with Gasteiger partial charge in [0.1, 0.15) is 6.07 Å². The van der Waals surface area contributed by atoms with E-state index in [1.165, 1.54) is 6.08 Å². The van der Waals surface area contributed by atoms with Gasteiger partial charge in [0.05, 0.1) is 11.5 Å². The van der Waals surface area contributed by atoms with Gasteiger partial charge in [-0.3, -0.25) is 0 Å². The molecule has 0 unspecified atom stereocenters. The molecular weight excluding hydrogens is 142 g/mol. The van der Waals surface area contributed by atoms with Gasteiger partial charge in [0.2, 0.25) is 0 Å². The first kappa shape index (κ1) is 9.70. The summed E-state index contributed by atoms with van der Waals surface area (Å²) in [6.07, 6.45) is 3.92. The van der Waals surface area contributed by atoms with E-state index in [1.54, 1.807) is 6.07 Å². The van der Waals surface area contributed by atoms with Gasteiger partial charge >= 0.3 is 0 Å². The predicted octanol–water partition coefficient (Wildman–Crippen LogP) is 0.376. The Balaban J connectivity index is 3.95. The summed E-state index contributed by atoms with van der Waals surface area (Å²) in [4.78, 5) is 10.1. The second-order valence-electron chi connectivity index (χ2n) is 2.16. The molecule has 0 fully saturated rings. The number of hydrogen-bond acceptors (Lipinski definition) is 3. The number of nitrogens with zero attached hydrogens (tertiary/aromatic N) is 1. The van der Waals surface area contributed by atoms with E-state index in [1.807, 2.05) is 6.92 Å². The van der Waals surface area contributed by atoms with Crippen molar-refractivity contribution in [2.75, 3.05) is 0 Å². The fraction of sp³-hybridized carbons (Fsp3) is 0.500. The molecule has 11 heavy (non-hydrogen) atoms. The molecule has 0 radical (unpaired) electrons. The summed E-state index contributed by atoms with van der Waals surface area (Å²) in [5.41, 5.74) is -0.265. The molecule has 0 aromatic rings. The van der Waals surface area contributed by atoms with Crippen LogP contribution in [0.25, 0.3) is 0 Å². The number of unbranched alkanes of at least 4 members (excludes halogenated alkanes) is 2. The highest BCUT2D eigenvalue weighted by atomic mass is 16.4. The number of carboxylic acid groups (broad SMARTS) is 1. The lowest BCUT2D eigenvalue weighted by Gasteiger charge is -1.97. The van der Waals surface area contributed by atoms with E-state index in [9.17, 15) is 9.90 Å². The normalized spacial score (nSPS) is 10.7. The van der Waals surface area contributed by atoms with Gasteiger partial charge in [0.15, 0.2) is 0 Å². The van der Waals surface area contributed by atoms with Crippen LogP contribution in [0.4, 0.5) is 0 Å². The molecule has 0 rings (SSSR count). The molecule has 3 nitrogen and oxygen atoms in total. The van der Waals surface area contributed by atoms with Crippen LogP contribution in [0.2, 0.25) is 0 Å². The van der Waals surface area contributed by atoms with Gasteiger partial charge in [0.25, 0.3) is 0 Å². The number of hydrogen-bond donors (Lipinski definition) is 0. The van der Waals surface area contributed by atoms with E-state index in [-0.39, 0.29) is 5.57 Å². The van der Waals surface area contributed by atoms with Crippen molar-refractivity contribution in [1.29, 1.82) is 5.26 Å². The van der Waals surface area contributed by atoms with Gasteiger partial charge < -0.3 is 9.90 Å². The quantitative estimate of drug-likeness (QED) is 0.332. The van der Waals surface area contributed by atoms with Gasteiger partial charge in [-0.05, 0) is 6.42 Å². The van der Waals surface area contributed by atoms with E-state index in [2.05, 4.69) is 0 Å². The fourth-order valence-corrected chi connectivity index (χ4v) is 0.625. The van der Waals surface area contributed by atoms with Gasteiger partial charge in [-0.15, -0.1) is 0 Å². The third-order valence-corrected chi connectivity index (χ3v) is 1.25. The van der Waals surface area contributed by atoms with Gasteiger partial charge in [-0.25, -0.2) is 0 Å². The van der Waals surface area contributed by atoms with Crippen molar-refractivity contribution in [2.45, 2.75) is 26.2 Å².